The number of nitrogens with zero attached hydrogens (tertiary/aromatic N) is 1. The Kier molecular flexibility index (Phi) is 6.96. The molecule has 0 spiro atoms. The van der Waals surface area contributed by atoms with Gasteiger partial charge in [-0.05, 0) is 37.7 Å². The first-order valence-electron chi connectivity index (χ1n) is 13.3. The Labute approximate surface area is 240 Å². The van der Waals surface area contributed by atoms with Crippen LogP contribution in [0.25, 0.3) is 5.76 Å². The van der Waals surface area contributed by atoms with Crippen LogP contribution >= 0.6 is 0 Å². The zero-order valence-corrected chi connectivity index (χ0v) is 23.0. The van der Waals surface area contributed by atoms with E-state index in [9.17, 15) is 44.7 Å². The first-order valence-corrected chi connectivity index (χ1v) is 13.3. The summed E-state index contributed by atoms with van der Waals surface area (Å²) >= 11 is 0. The molecule has 2 amide bonds. The predicted molar refractivity (Wildman–Crippen MR) is 148 cm³/mol. The molecule has 8 N–H and O–H groups in total. The number of hydrogen-bond acceptors (Lipinski definition) is 10. The molecule has 0 bridgehead atoms. The average Bonchev–Trinajstić information content (AvgIpc) is 2.94. The standard InChI is InChI=1S/C30H31N3O9/c1-12-15-10-9-14(11-32-29(41)13-7-5-4-6-8-13)22(34)17(15)23(35)18-16(12)24(36)20-21(33(2)3)25(37)19(28(31)40)27(39)30(20,42)26(18)38/h4-10,12,16,20-21,24,34-36,39,42H,11H2,1-3H3,(H2,31,40)(H,32,41)/t12-,16-,20-,21-,24-,30+/m1/s1. The van der Waals surface area contributed by atoms with Crippen LogP contribution in [0.2, 0.25) is 0 Å². The number of Topliss-reactive ketones (excluding diaryl/α,β-unsaturated/α-hetero) is 2. The van der Waals surface area contributed by atoms with Crippen LogP contribution in [0.4, 0.5) is 0 Å². The molecule has 3 aliphatic carbocycles. The summed E-state index contributed by atoms with van der Waals surface area (Å²) in [5.74, 6) is -9.97. The summed E-state index contributed by atoms with van der Waals surface area (Å²) in [4.78, 5) is 53.3. The van der Waals surface area contributed by atoms with Crippen molar-refractivity contribution >= 4 is 29.1 Å². The van der Waals surface area contributed by atoms with Crippen molar-refractivity contribution in [1.82, 2.24) is 10.2 Å². The number of benzene rings is 2. The lowest BCUT2D eigenvalue weighted by molar-refractivity contribution is -0.169. The first kappa shape index (κ1) is 29.0. The Morgan fingerprint density at radius 3 is 2.29 bits per heavy atom. The lowest BCUT2D eigenvalue weighted by Gasteiger charge is -2.53. The van der Waals surface area contributed by atoms with Crippen molar-refractivity contribution in [2.75, 3.05) is 14.1 Å². The molecule has 12 heteroatoms. The molecular formula is C30H31N3O9. The zero-order chi connectivity index (χ0) is 30.8. The quantitative estimate of drug-likeness (QED) is 0.244. The molecule has 0 unspecified atom stereocenters. The van der Waals surface area contributed by atoms with Gasteiger partial charge in [0.15, 0.2) is 11.4 Å². The molecule has 0 heterocycles. The maximum Gasteiger partial charge on any atom is 0.255 e. The van der Waals surface area contributed by atoms with Gasteiger partial charge < -0.3 is 36.6 Å². The van der Waals surface area contributed by atoms with Crippen molar-refractivity contribution in [2.45, 2.75) is 37.1 Å². The Morgan fingerprint density at radius 2 is 1.69 bits per heavy atom. The molecule has 2 aromatic carbocycles. The molecule has 6 atom stereocenters. The molecule has 0 radical (unpaired) electrons. The second-order valence-corrected chi connectivity index (χ2v) is 11.1. The highest BCUT2D eigenvalue weighted by Gasteiger charge is 2.68. The molecule has 42 heavy (non-hydrogen) atoms. The van der Waals surface area contributed by atoms with Crippen LogP contribution in [-0.4, -0.2) is 85.7 Å². The summed E-state index contributed by atoms with van der Waals surface area (Å²) in [6, 6.07) is 10.1. The molecule has 2 aromatic rings. The van der Waals surface area contributed by atoms with E-state index in [0.29, 0.717) is 11.1 Å². The molecule has 220 valence electrons. The first-order chi connectivity index (χ1) is 19.7. The van der Waals surface area contributed by atoms with Crippen LogP contribution in [0.1, 0.15) is 39.9 Å². The third-order valence-electron chi connectivity index (χ3n) is 8.69. The van der Waals surface area contributed by atoms with Gasteiger partial charge in [-0.25, -0.2) is 0 Å². The van der Waals surface area contributed by atoms with Crippen LogP contribution in [0.15, 0.2) is 59.4 Å². The number of primary amides is 1. The van der Waals surface area contributed by atoms with E-state index in [2.05, 4.69) is 5.32 Å². The maximum atomic E-state index is 14.1. The number of hydrogen-bond donors (Lipinski definition) is 7. The van der Waals surface area contributed by atoms with E-state index in [1.54, 1.807) is 49.4 Å². The predicted octanol–water partition coefficient (Wildman–Crippen LogP) is 0.426. The van der Waals surface area contributed by atoms with Crippen LogP contribution < -0.4 is 11.1 Å². The number of phenols is 1. The van der Waals surface area contributed by atoms with Crippen molar-refractivity contribution in [3.8, 4) is 5.75 Å². The fourth-order valence-electron chi connectivity index (χ4n) is 6.67. The van der Waals surface area contributed by atoms with Crippen molar-refractivity contribution in [2.24, 2.45) is 17.6 Å². The molecule has 12 nitrogen and oxygen atoms in total. The monoisotopic (exact) mass is 577 g/mol. The smallest absolute Gasteiger partial charge is 0.255 e. The van der Waals surface area contributed by atoms with E-state index >= 15 is 0 Å². The van der Waals surface area contributed by atoms with E-state index in [1.807, 2.05) is 0 Å². The van der Waals surface area contributed by atoms with Crippen molar-refractivity contribution in [3.63, 3.8) is 0 Å². The van der Waals surface area contributed by atoms with Gasteiger partial charge in [0, 0.05) is 29.2 Å². The summed E-state index contributed by atoms with van der Waals surface area (Å²) < 4.78 is 0. The minimum Gasteiger partial charge on any atom is -0.508 e. The van der Waals surface area contributed by atoms with Gasteiger partial charge in [0.25, 0.3) is 11.8 Å². The topological polar surface area (TPSA) is 211 Å². The van der Waals surface area contributed by atoms with E-state index in [-0.39, 0.29) is 17.7 Å². The molecular weight excluding hydrogens is 546 g/mol. The largest absolute Gasteiger partial charge is 0.508 e. The number of ketones is 2. The molecule has 5 rings (SSSR count). The summed E-state index contributed by atoms with van der Waals surface area (Å²) in [6.07, 6.45) is -1.67. The molecule has 1 saturated carbocycles. The summed E-state index contributed by atoms with van der Waals surface area (Å²) in [5.41, 5.74) is 1.73. The van der Waals surface area contributed by atoms with Crippen molar-refractivity contribution < 1.29 is 44.7 Å². The molecule has 0 aliphatic heterocycles. The Balaban J connectivity index is 1.63. The number of nitrogens with one attached hydrogen (secondary N) is 1. The third-order valence-corrected chi connectivity index (χ3v) is 8.69. The minimum absolute atomic E-state index is 0.131. The number of carbonyl (C=O) groups excluding carboxylic acids is 4. The molecule has 1 fully saturated rings. The van der Waals surface area contributed by atoms with Crippen LogP contribution in [0.5, 0.6) is 5.75 Å². The Hall–Kier alpha value is -4.52. The number of aliphatic hydroxyl groups excluding tert-OH is 3. The number of fused-ring (bicyclic) bond motifs is 3. The van der Waals surface area contributed by atoms with Crippen LogP contribution in [0, 0.1) is 11.8 Å². The lowest BCUT2D eigenvalue weighted by atomic mass is 9.54. The SMILES string of the molecule is C[C@@H]1c2ccc(CNC(=O)c3ccccc3)c(O)c2C(O)=C2C(=O)[C@]3(O)C(O)=C(C(N)=O)C(=O)[C@H](N(C)C)[C@@H]3[C@H](O)[C@@H]21. The van der Waals surface area contributed by atoms with Gasteiger partial charge in [-0.1, -0.05) is 37.3 Å². The summed E-state index contributed by atoms with van der Waals surface area (Å²) in [5, 5.41) is 59.7. The zero-order valence-electron chi connectivity index (χ0n) is 23.0. The van der Waals surface area contributed by atoms with Gasteiger partial charge in [-0.2, -0.15) is 0 Å². The van der Waals surface area contributed by atoms with Crippen molar-refractivity contribution in [3.05, 3.63) is 81.6 Å². The molecule has 0 aromatic heterocycles. The number of carbonyl (C=O) groups is 4. The van der Waals surface area contributed by atoms with Crippen LogP contribution in [-0.2, 0) is 20.9 Å². The average molecular weight is 578 g/mol. The van der Waals surface area contributed by atoms with Gasteiger partial charge >= 0.3 is 0 Å². The summed E-state index contributed by atoms with van der Waals surface area (Å²) in [7, 11) is 2.89. The number of likely N-dealkylation sites (N-methyl/N-ethyl adjacent to an activating group) is 1. The Bertz CT molecular complexity index is 1600. The number of nitrogens with two attached hydrogens (primary N) is 1. The number of aliphatic hydroxyl groups is 4. The van der Waals surface area contributed by atoms with E-state index in [0.717, 1.165) is 0 Å². The fourth-order valence-corrected chi connectivity index (χ4v) is 6.67. The van der Waals surface area contributed by atoms with Gasteiger partial charge in [0.2, 0.25) is 5.78 Å². The fraction of sp³-hybridized carbons (Fsp3) is 0.333. The second kappa shape index (κ2) is 10.1. The highest BCUT2D eigenvalue weighted by Crippen LogP contribution is 2.56. The van der Waals surface area contributed by atoms with Gasteiger partial charge in [0.05, 0.1) is 23.6 Å². The third kappa shape index (κ3) is 3.94. The van der Waals surface area contributed by atoms with Gasteiger partial charge in [-0.3, -0.25) is 24.1 Å². The number of phenolic OH excluding ortho intramolecular Hbond substituents is 1. The highest BCUT2D eigenvalue weighted by molar-refractivity contribution is 6.24. The second-order valence-electron chi connectivity index (χ2n) is 11.1. The normalized spacial score (nSPS) is 28.8. The number of aromatic hydroxyl groups is 1. The molecule has 3 aliphatic rings. The Morgan fingerprint density at radius 1 is 1.05 bits per heavy atom. The van der Waals surface area contributed by atoms with E-state index in [4.69, 9.17) is 5.73 Å². The molecule has 0 saturated heterocycles. The van der Waals surface area contributed by atoms with E-state index < -0.39 is 87.3 Å². The van der Waals surface area contributed by atoms with Gasteiger partial charge in [-0.15, -0.1) is 0 Å². The highest BCUT2D eigenvalue weighted by atomic mass is 16.4. The summed E-state index contributed by atoms with van der Waals surface area (Å²) in [6.45, 7) is 1.51. The maximum absolute atomic E-state index is 14.1. The minimum atomic E-state index is -2.99. The lowest BCUT2D eigenvalue weighted by Crippen LogP contribution is -2.70. The van der Waals surface area contributed by atoms with E-state index in [1.165, 1.54) is 19.0 Å². The van der Waals surface area contributed by atoms with Crippen LogP contribution in [0.3, 0.4) is 0 Å². The van der Waals surface area contributed by atoms with Crippen molar-refractivity contribution in [1.29, 1.82) is 0 Å². The number of rotatable bonds is 5. The van der Waals surface area contributed by atoms with Gasteiger partial charge in [0.1, 0.15) is 22.8 Å². The number of amides is 2.